The van der Waals surface area contributed by atoms with Crippen LogP contribution in [0.1, 0.15) is 37.8 Å². The van der Waals surface area contributed by atoms with Crippen molar-refractivity contribution in [1.82, 2.24) is 15.1 Å². The van der Waals surface area contributed by atoms with Crippen molar-refractivity contribution in [2.24, 2.45) is 0 Å². The average molecular weight is 358 g/mol. The van der Waals surface area contributed by atoms with Gasteiger partial charge in [-0.05, 0) is 24.1 Å². The number of hydrogen-bond acceptors (Lipinski definition) is 4. The SMILES string of the molecule is CCCCCN1CC2=C(C1=O)C(c1ccc([N+](=O)[O-])cc1)NC(=O)N2C. The molecule has 3 amide bonds. The van der Waals surface area contributed by atoms with E-state index in [1.807, 2.05) is 0 Å². The first-order chi connectivity index (χ1) is 12.4. The van der Waals surface area contributed by atoms with Crippen molar-refractivity contribution in [3.63, 3.8) is 0 Å². The van der Waals surface area contributed by atoms with Gasteiger partial charge < -0.3 is 10.2 Å². The molecule has 0 radical (unpaired) electrons. The molecule has 8 heteroatoms. The number of carbonyl (C=O) groups excluding carboxylic acids is 2. The molecule has 0 aromatic heterocycles. The second kappa shape index (κ2) is 7.15. The maximum atomic E-state index is 12.9. The first-order valence-electron chi connectivity index (χ1n) is 8.75. The number of carbonyl (C=O) groups is 2. The Kier molecular flexibility index (Phi) is 4.92. The number of likely N-dealkylation sites (N-methyl/N-ethyl adjacent to an activating group) is 1. The number of urea groups is 1. The summed E-state index contributed by atoms with van der Waals surface area (Å²) in [4.78, 5) is 38.9. The molecule has 138 valence electrons. The average Bonchev–Trinajstić information content (AvgIpc) is 2.96. The van der Waals surface area contributed by atoms with Crippen LogP contribution in [0.25, 0.3) is 0 Å². The molecule has 3 rings (SSSR count). The van der Waals surface area contributed by atoms with Crippen LogP contribution in [0.15, 0.2) is 35.5 Å². The lowest BCUT2D eigenvalue weighted by Crippen LogP contribution is -2.45. The molecule has 1 atom stereocenters. The zero-order chi connectivity index (χ0) is 18.8. The van der Waals surface area contributed by atoms with E-state index in [0.717, 1.165) is 19.3 Å². The van der Waals surface area contributed by atoms with E-state index in [1.54, 1.807) is 24.1 Å². The zero-order valence-electron chi connectivity index (χ0n) is 14.9. The highest BCUT2D eigenvalue weighted by molar-refractivity contribution is 6.01. The Hall–Kier alpha value is -2.90. The summed E-state index contributed by atoms with van der Waals surface area (Å²) in [7, 11) is 1.65. The minimum atomic E-state index is -0.585. The van der Waals surface area contributed by atoms with Crippen LogP contribution in [-0.4, -0.2) is 46.8 Å². The fourth-order valence-corrected chi connectivity index (χ4v) is 3.40. The number of nitrogens with one attached hydrogen (secondary N) is 1. The predicted octanol–water partition coefficient (Wildman–Crippen LogP) is 2.58. The van der Waals surface area contributed by atoms with Gasteiger partial charge in [0.1, 0.15) is 0 Å². The lowest BCUT2D eigenvalue weighted by molar-refractivity contribution is -0.384. The third kappa shape index (κ3) is 3.14. The molecule has 0 saturated carbocycles. The molecule has 0 fully saturated rings. The smallest absolute Gasteiger partial charge is 0.322 e. The van der Waals surface area contributed by atoms with E-state index in [-0.39, 0.29) is 17.6 Å². The Morgan fingerprint density at radius 2 is 1.92 bits per heavy atom. The monoisotopic (exact) mass is 358 g/mol. The van der Waals surface area contributed by atoms with Gasteiger partial charge >= 0.3 is 6.03 Å². The zero-order valence-corrected chi connectivity index (χ0v) is 14.9. The van der Waals surface area contributed by atoms with Crippen LogP contribution in [0.5, 0.6) is 0 Å². The summed E-state index contributed by atoms with van der Waals surface area (Å²) in [6.07, 6.45) is 3.05. The fourth-order valence-electron chi connectivity index (χ4n) is 3.40. The van der Waals surface area contributed by atoms with E-state index >= 15 is 0 Å². The van der Waals surface area contributed by atoms with Crippen LogP contribution >= 0.6 is 0 Å². The maximum Gasteiger partial charge on any atom is 0.322 e. The van der Waals surface area contributed by atoms with E-state index < -0.39 is 11.0 Å². The summed E-state index contributed by atoms with van der Waals surface area (Å²) < 4.78 is 0. The second-order valence-electron chi connectivity index (χ2n) is 6.58. The van der Waals surface area contributed by atoms with Gasteiger partial charge in [0, 0.05) is 25.7 Å². The van der Waals surface area contributed by atoms with Gasteiger partial charge in [-0.1, -0.05) is 19.8 Å². The molecular formula is C18H22N4O4. The molecule has 8 nitrogen and oxygen atoms in total. The van der Waals surface area contributed by atoms with Crippen molar-refractivity contribution in [2.45, 2.75) is 32.2 Å². The number of nitro benzene ring substituents is 1. The molecule has 0 aliphatic carbocycles. The number of non-ortho nitro benzene ring substituents is 1. The van der Waals surface area contributed by atoms with Gasteiger partial charge in [-0.2, -0.15) is 0 Å². The van der Waals surface area contributed by atoms with Crippen LogP contribution in [-0.2, 0) is 4.79 Å². The number of unbranched alkanes of at least 4 members (excludes halogenated alkanes) is 2. The number of hydrogen-bond donors (Lipinski definition) is 1. The Labute approximate surface area is 151 Å². The van der Waals surface area contributed by atoms with Crippen LogP contribution < -0.4 is 5.32 Å². The second-order valence-corrected chi connectivity index (χ2v) is 6.58. The van der Waals surface area contributed by atoms with Crippen molar-refractivity contribution in [3.8, 4) is 0 Å². The molecule has 0 spiro atoms. The molecule has 1 unspecified atom stereocenters. The molecule has 2 aliphatic rings. The van der Waals surface area contributed by atoms with E-state index in [1.165, 1.54) is 17.0 Å². The highest BCUT2D eigenvalue weighted by Gasteiger charge is 2.42. The molecular weight excluding hydrogens is 336 g/mol. The van der Waals surface area contributed by atoms with Crippen molar-refractivity contribution >= 4 is 17.6 Å². The summed E-state index contributed by atoms with van der Waals surface area (Å²) in [6, 6.07) is 5.09. The van der Waals surface area contributed by atoms with Crippen molar-refractivity contribution in [2.75, 3.05) is 20.1 Å². The van der Waals surface area contributed by atoms with Crippen LogP contribution in [0.4, 0.5) is 10.5 Å². The third-order valence-electron chi connectivity index (χ3n) is 4.90. The quantitative estimate of drug-likeness (QED) is 0.480. The van der Waals surface area contributed by atoms with Gasteiger partial charge in [-0.15, -0.1) is 0 Å². The van der Waals surface area contributed by atoms with E-state index in [4.69, 9.17) is 0 Å². The van der Waals surface area contributed by atoms with Gasteiger partial charge in [0.25, 0.3) is 11.6 Å². The lowest BCUT2D eigenvalue weighted by Gasteiger charge is -2.31. The van der Waals surface area contributed by atoms with E-state index in [0.29, 0.717) is 29.9 Å². The summed E-state index contributed by atoms with van der Waals surface area (Å²) in [6.45, 7) is 3.19. The minimum Gasteiger partial charge on any atom is -0.333 e. The molecule has 2 heterocycles. The molecule has 26 heavy (non-hydrogen) atoms. The largest absolute Gasteiger partial charge is 0.333 e. The summed E-state index contributed by atoms with van der Waals surface area (Å²) in [5.41, 5.74) is 1.89. The van der Waals surface area contributed by atoms with Crippen molar-refractivity contribution in [1.29, 1.82) is 0 Å². The summed E-state index contributed by atoms with van der Waals surface area (Å²) in [5.74, 6) is -0.0775. The highest BCUT2D eigenvalue weighted by atomic mass is 16.6. The standard InChI is InChI=1S/C18H22N4O4/c1-3-4-5-10-21-11-14-15(17(21)23)16(19-18(24)20(14)2)12-6-8-13(9-7-12)22(25)26/h6-9,16H,3-5,10-11H2,1-2H3,(H,19,24). The van der Waals surface area contributed by atoms with Crippen LogP contribution in [0.2, 0.25) is 0 Å². The Morgan fingerprint density at radius 3 is 2.54 bits per heavy atom. The minimum absolute atomic E-state index is 0.0267. The first-order valence-corrected chi connectivity index (χ1v) is 8.75. The molecule has 0 bridgehead atoms. The Morgan fingerprint density at radius 1 is 1.23 bits per heavy atom. The Bertz CT molecular complexity index is 772. The number of benzene rings is 1. The van der Waals surface area contributed by atoms with Gasteiger partial charge in [-0.3, -0.25) is 19.8 Å². The molecule has 0 saturated heterocycles. The molecule has 1 N–H and O–H groups in total. The maximum absolute atomic E-state index is 12.9. The van der Waals surface area contributed by atoms with Gasteiger partial charge in [0.2, 0.25) is 0 Å². The first kappa shape index (κ1) is 17.9. The van der Waals surface area contributed by atoms with Gasteiger partial charge in [0.15, 0.2) is 0 Å². The highest BCUT2D eigenvalue weighted by Crippen LogP contribution is 2.36. The lowest BCUT2D eigenvalue weighted by atomic mass is 9.95. The fraction of sp³-hybridized carbons (Fsp3) is 0.444. The predicted molar refractivity (Wildman–Crippen MR) is 95.3 cm³/mol. The third-order valence-corrected chi connectivity index (χ3v) is 4.90. The Balaban J connectivity index is 1.89. The number of nitro groups is 1. The number of rotatable bonds is 6. The van der Waals surface area contributed by atoms with E-state index in [2.05, 4.69) is 12.2 Å². The van der Waals surface area contributed by atoms with Crippen LogP contribution in [0, 0.1) is 10.1 Å². The normalized spacial score (nSPS) is 19.7. The van der Waals surface area contributed by atoms with E-state index in [9.17, 15) is 19.7 Å². The topological polar surface area (TPSA) is 95.8 Å². The van der Waals surface area contributed by atoms with Gasteiger partial charge in [-0.25, -0.2) is 4.79 Å². The molecule has 1 aromatic carbocycles. The summed E-state index contributed by atoms with van der Waals surface area (Å²) in [5, 5.41) is 13.7. The van der Waals surface area contributed by atoms with Crippen molar-refractivity contribution in [3.05, 3.63) is 51.2 Å². The molecule has 2 aliphatic heterocycles. The number of amides is 3. The van der Waals surface area contributed by atoms with Crippen molar-refractivity contribution < 1.29 is 14.5 Å². The number of nitrogens with zero attached hydrogens (tertiary/aromatic N) is 3. The van der Waals surface area contributed by atoms with Gasteiger partial charge in [0.05, 0.1) is 28.8 Å². The van der Waals surface area contributed by atoms with Crippen LogP contribution in [0.3, 0.4) is 0 Å². The summed E-state index contributed by atoms with van der Waals surface area (Å²) >= 11 is 0. The molecule has 1 aromatic rings.